The summed E-state index contributed by atoms with van der Waals surface area (Å²) in [6.07, 6.45) is 0.952. The van der Waals surface area contributed by atoms with E-state index >= 15 is 0 Å². The Morgan fingerprint density at radius 3 is 2.88 bits per heavy atom. The average molecular weight is 253 g/mol. The Bertz CT molecular complexity index is 441. The summed E-state index contributed by atoms with van der Waals surface area (Å²) in [4.78, 5) is 24.5. The highest BCUT2D eigenvalue weighted by atomic mass is 32.1. The summed E-state index contributed by atoms with van der Waals surface area (Å²) >= 11 is 1.52. The predicted octanol–water partition coefficient (Wildman–Crippen LogP) is 1.99. The number of carbonyl (C=O) groups is 2. The average Bonchev–Trinajstić information content (AvgIpc) is 2.85. The van der Waals surface area contributed by atoms with E-state index in [2.05, 4.69) is 0 Å². The lowest BCUT2D eigenvalue weighted by atomic mass is 10.1. The number of amides is 1. The Morgan fingerprint density at radius 1 is 1.53 bits per heavy atom. The van der Waals surface area contributed by atoms with Crippen molar-refractivity contribution in [2.45, 2.75) is 19.8 Å². The molecule has 0 aliphatic carbocycles. The Labute approximate surface area is 104 Å². The molecule has 5 heteroatoms. The number of carboxylic acids is 1. The van der Waals surface area contributed by atoms with Gasteiger partial charge in [-0.25, -0.2) is 0 Å². The number of thiophene rings is 1. The highest BCUT2D eigenvalue weighted by Crippen LogP contribution is 2.23. The summed E-state index contributed by atoms with van der Waals surface area (Å²) < 4.78 is 0. The lowest BCUT2D eigenvalue weighted by molar-refractivity contribution is -0.138. The minimum absolute atomic E-state index is 0.0386. The van der Waals surface area contributed by atoms with E-state index in [1.165, 1.54) is 11.3 Å². The van der Waals surface area contributed by atoms with E-state index < -0.39 is 5.97 Å². The van der Waals surface area contributed by atoms with E-state index in [4.69, 9.17) is 5.11 Å². The Balaban J connectivity index is 1.99. The van der Waals surface area contributed by atoms with Crippen LogP contribution in [-0.4, -0.2) is 35.0 Å². The van der Waals surface area contributed by atoms with Gasteiger partial charge in [0.25, 0.3) is 5.91 Å². The molecule has 1 aliphatic rings. The molecule has 0 saturated carbocycles. The molecule has 0 radical (unpaired) electrons. The summed E-state index contributed by atoms with van der Waals surface area (Å²) in [5, 5.41) is 12.5. The monoisotopic (exact) mass is 253 g/mol. The van der Waals surface area contributed by atoms with Crippen LogP contribution in [0.1, 0.15) is 28.8 Å². The number of nitrogens with zero attached hydrogens (tertiary/aromatic N) is 1. The minimum Gasteiger partial charge on any atom is -0.481 e. The predicted molar refractivity (Wildman–Crippen MR) is 65.3 cm³/mol. The first-order chi connectivity index (χ1) is 8.08. The van der Waals surface area contributed by atoms with Gasteiger partial charge in [-0.15, -0.1) is 0 Å². The first-order valence-electron chi connectivity index (χ1n) is 5.61. The quantitative estimate of drug-likeness (QED) is 0.896. The lowest BCUT2D eigenvalue weighted by Gasteiger charge is -2.16. The molecule has 1 saturated heterocycles. The van der Waals surface area contributed by atoms with Gasteiger partial charge in [-0.1, -0.05) is 0 Å². The topological polar surface area (TPSA) is 57.6 Å². The summed E-state index contributed by atoms with van der Waals surface area (Å²) in [5.41, 5.74) is 1.76. The maximum absolute atomic E-state index is 12.1. The molecule has 2 heterocycles. The van der Waals surface area contributed by atoms with Gasteiger partial charge in [0.15, 0.2) is 0 Å². The molecule has 1 N–H and O–H groups in total. The van der Waals surface area contributed by atoms with Gasteiger partial charge in [-0.05, 0) is 30.2 Å². The van der Waals surface area contributed by atoms with Crippen LogP contribution in [0.2, 0.25) is 0 Å². The molecule has 1 unspecified atom stereocenters. The van der Waals surface area contributed by atoms with Crippen molar-refractivity contribution in [1.82, 2.24) is 4.90 Å². The molecule has 1 aliphatic heterocycles. The summed E-state index contributed by atoms with van der Waals surface area (Å²) in [7, 11) is 0. The van der Waals surface area contributed by atoms with Gasteiger partial charge in [0.1, 0.15) is 0 Å². The van der Waals surface area contributed by atoms with E-state index in [1.807, 2.05) is 17.7 Å². The molecule has 92 valence electrons. The van der Waals surface area contributed by atoms with E-state index in [1.54, 1.807) is 4.90 Å². The molecule has 1 amide bonds. The van der Waals surface area contributed by atoms with Gasteiger partial charge in [0.2, 0.25) is 0 Å². The van der Waals surface area contributed by atoms with Crippen molar-refractivity contribution in [3.63, 3.8) is 0 Å². The SMILES string of the molecule is Cc1cscc1C(=O)N1CCC(CC(=O)O)C1. The molecule has 17 heavy (non-hydrogen) atoms. The number of aryl methyl sites for hydroxylation is 1. The molecule has 0 aromatic carbocycles. The van der Waals surface area contributed by atoms with E-state index in [0.717, 1.165) is 17.5 Å². The van der Waals surface area contributed by atoms with Crippen LogP contribution in [0, 0.1) is 12.8 Å². The number of hydrogen-bond donors (Lipinski definition) is 1. The van der Waals surface area contributed by atoms with Crippen LogP contribution in [0.15, 0.2) is 10.8 Å². The third-order valence-corrected chi connectivity index (χ3v) is 3.98. The van der Waals surface area contributed by atoms with Crippen molar-refractivity contribution in [2.75, 3.05) is 13.1 Å². The first-order valence-corrected chi connectivity index (χ1v) is 6.56. The van der Waals surface area contributed by atoms with Crippen LogP contribution in [0.25, 0.3) is 0 Å². The van der Waals surface area contributed by atoms with Gasteiger partial charge in [-0.3, -0.25) is 9.59 Å². The molecule has 0 spiro atoms. The lowest BCUT2D eigenvalue weighted by Crippen LogP contribution is -2.29. The minimum atomic E-state index is -0.781. The molecular weight excluding hydrogens is 238 g/mol. The summed E-state index contributed by atoms with van der Waals surface area (Å²) in [5.74, 6) is -0.636. The number of carbonyl (C=O) groups excluding carboxylic acids is 1. The van der Waals surface area contributed by atoms with Crippen molar-refractivity contribution >= 4 is 23.2 Å². The fourth-order valence-electron chi connectivity index (χ4n) is 2.18. The van der Waals surface area contributed by atoms with E-state index in [0.29, 0.717) is 13.1 Å². The number of likely N-dealkylation sites (tertiary alicyclic amines) is 1. The van der Waals surface area contributed by atoms with Crippen LogP contribution < -0.4 is 0 Å². The van der Waals surface area contributed by atoms with Crippen LogP contribution in [0.4, 0.5) is 0 Å². The molecule has 0 bridgehead atoms. The largest absolute Gasteiger partial charge is 0.481 e. The number of aliphatic carboxylic acids is 1. The van der Waals surface area contributed by atoms with Crippen LogP contribution in [0.5, 0.6) is 0 Å². The number of hydrogen-bond acceptors (Lipinski definition) is 3. The number of carboxylic acid groups (broad SMARTS) is 1. The Hall–Kier alpha value is -1.36. The second-order valence-electron chi connectivity index (χ2n) is 4.47. The van der Waals surface area contributed by atoms with Crippen molar-refractivity contribution in [3.05, 3.63) is 21.9 Å². The van der Waals surface area contributed by atoms with Crippen molar-refractivity contribution in [2.24, 2.45) is 5.92 Å². The van der Waals surface area contributed by atoms with Crippen molar-refractivity contribution < 1.29 is 14.7 Å². The zero-order valence-corrected chi connectivity index (χ0v) is 10.5. The van der Waals surface area contributed by atoms with Gasteiger partial charge in [0.05, 0.1) is 5.56 Å². The number of rotatable bonds is 3. The molecule has 1 atom stereocenters. The second-order valence-corrected chi connectivity index (χ2v) is 5.22. The Kier molecular flexibility index (Phi) is 3.47. The normalized spacial score (nSPS) is 19.6. The first kappa shape index (κ1) is 12.1. The molecular formula is C12H15NO3S. The maximum atomic E-state index is 12.1. The summed E-state index contributed by atoms with van der Waals surface area (Å²) in [6, 6.07) is 0. The second kappa shape index (κ2) is 4.87. The smallest absolute Gasteiger partial charge is 0.303 e. The van der Waals surface area contributed by atoms with Gasteiger partial charge < -0.3 is 10.0 Å². The zero-order valence-electron chi connectivity index (χ0n) is 9.68. The van der Waals surface area contributed by atoms with E-state index in [9.17, 15) is 9.59 Å². The van der Waals surface area contributed by atoms with Gasteiger partial charge >= 0.3 is 5.97 Å². The van der Waals surface area contributed by atoms with Crippen molar-refractivity contribution in [1.29, 1.82) is 0 Å². The highest BCUT2D eigenvalue weighted by molar-refractivity contribution is 7.08. The van der Waals surface area contributed by atoms with E-state index in [-0.39, 0.29) is 18.2 Å². The molecule has 1 aromatic rings. The molecule has 1 aromatic heterocycles. The van der Waals surface area contributed by atoms with Crippen LogP contribution >= 0.6 is 11.3 Å². The fraction of sp³-hybridized carbons (Fsp3) is 0.500. The highest BCUT2D eigenvalue weighted by Gasteiger charge is 2.28. The molecule has 2 rings (SSSR count). The Morgan fingerprint density at radius 2 is 2.29 bits per heavy atom. The third kappa shape index (κ3) is 2.66. The van der Waals surface area contributed by atoms with Gasteiger partial charge in [0, 0.05) is 24.9 Å². The molecule has 1 fully saturated rings. The fourth-order valence-corrected chi connectivity index (χ4v) is 3.00. The standard InChI is InChI=1S/C12H15NO3S/c1-8-6-17-7-10(8)12(16)13-3-2-9(5-13)4-11(14)15/h6-7,9H,2-5H2,1H3,(H,14,15). The van der Waals surface area contributed by atoms with Crippen molar-refractivity contribution in [3.8, 4) is 0 Å². The summed E-state index contributed by atoms with van der Waals surface area (Å²) in [6.45, 7) is 3.17. The van der Waals surface area contributed by atoms with Gasteiger partial charge in [-0.2, -0.15) is 11.3 Å². The van der Waals surface area contributed by atoms with Crippen LogP contribution in [-0.2, 0) is 4.79 Å². The third-order valence-electron chi connectivity index (χ3n) is 3.12. The zero-order chi connectivity index (χ0) is 12.4. The maximum Gasteiger partial charge on any atom is 0.303 e. The molecule has 4 nitrogen and oxygen atoms in total. The van der Waals surface area contributed by atoms with Crippen LogP contribution in [0.3, 0.4) is 0 Å².